The molecule has 0 saturated heterocycles. The van der Waals surface area contributed by atoms with Gasteiger partial charge in [0, 0.05) is 33.9 Å². The molecule has 7 nitrogen and oxygen atoms in total. The molecule has 0 bridgehead atoms. The van der Waals surface area contributed by atoms with E-state index in [1.807, 2.05) is 55.5 Å². The van der Waals surface area contributed by atoms with Crippen molar-refractivity contribution in [3.05, 3.63) is 130 Å². The number of halogens is 3. The van der Waals surface area contributed by atoms with Crippen molar-refractivity contribution in [2.75, 3.05) is 5.32 Å². The van der Waals surface area contributed by atoms with Crippen LogP contribution in [0, 0.1) is 6.92 Å². The van der Waals surface area contributed by atoms with E-state index in [9.17, 15) is 22.8 Å². The van der Waals surface area contributed by atoms with E-state index >= 15 is 0 Å². The maximum Gasteiger partial charge on any atom is 0.416 e. The molecular formula is C33H24F3N5O2. The van der Waals surface area contributed by atoms with E-state index in [-0.39, 0.29) is 29.2 Å². The van der Waals surface area contributed by atoms with Crippen LogP contribution in [0.5, 0.6) is 0 Å². The van der Waals surface area contributed by atoms with Crippen LogP contribution in [0.4, 0.5) is 18.9 Å². The third-order valence-electron chi connectivity index (χ3n) is 6.98. The fourth-order valence-electron chi connectivity index (χ4n) is 4.87. The van der Waals surface area contributed by atoms with E-state index in [2.05, 4.69) is 15.4 Å². The van der Waals surface area contributed by atoms with Crippen LogP contribution < -0.4 is 10.9 Å². The van der Waals surface area contributed by atoms with Gasteiger partial charge >= 0.3 is 6.18 Å². The number of carbonyl (C=O) groups excluding carboxylic acids is 1. The molecule has 1 amide bonds. The number of fused-ring (bicyclic) bond motifs is 2. The molecule has 0 unspecified atom stereocenters. The fourth-order valence-corrected chi connectivity index (χ4v) is 4.87. The van der Waals surface area contributed by atoms with Crippen LogP contribution in [-0.2, 0) is 17.5 Å². The predicted octanol–water partition coefficient (Wildman–Crippen LogP) is 6.87. The summed E-state index contributed by atoms with van der Waals surface area (Å²) in [7, 11) is 0. The van der Waals surface area contributed by atoms with E-state index in [4.69, 9.17) is 0 Å². The Balaban J connectivity index is 1.41. The Bertz CT molecular complexity index is 2080. The van der Waals surface area contributed by atoms with Gasteiger partial charge in [-0.25, -0.2) is 4.98 Å². The van der Waals surface area contributed by atoms with Crippen molar-refractivity contribution in [1.29, 1.82) is 0 Å². The molecule has 2 heterocycles. The van der Waals surface area contributed by atoms with Gasteiger partial charge in [0.1, 0.15) is 6.54 Å². The smallest absolute Gasteiger partial charge is 0.337 e. The van der Waals surface area contributed by atoms with Crippen molar-refractivity contribution in [3.63, 3.8) is 0 Å². The maximum absolute atomic E-state index is 13.6. The van der Waals surface area contributed by atoms with Crippen molar-refractivity contribution in [2.45, 2.75) is 19.6 Å². The molecule has 1 N–H and O–H groups in total. The number of nitrogens with zero attached hydrogens (tertiary/aromatic N) is 4. The Labute approximate surface area is 243 Å². The Morgan fingerprint density at radius 2 is 1.65 bits per heavy atom. The fraction of sp³-hybridized carbons (Fsp3) is 0.0909. The molecule has 0 aliphatic heterocycles. The van der Waals surface area contributed by atoms with Crippen molar-refractivity contribution < 1.29 is 18.0 Å². The first-order valence-electron chi connectivity index (χ1n) is 13.4. The predicted molar refractivity (Wildman–Crippen MR) is 161 cm³/mol. The third kappa shape index (κ3) is 5.67. The van der Waals surface area contributed by atoms with Crippen LogP contribution in [0.1, 0.15) is 16.7 Å². The van der Waals surface area contributed by atoms with Gasteiger partial charge in [0.25, 0.3) is 5.56 Å². The zero-order valence-corrected chi connectivity index (χ0v) is 22.8. The minimum absolute atomic E-state index is 0.0230. The first-order valence-corrected chi connectivity index (χ1v) is 13.4. The second-order valence-corrected chi connectivity index (χ2v) is 10.0. The Morgan fingerprint density at radius 1 is 0.930 bits per heavy atom. The van der Waals surface area contributed by atoms with Gasteiger partial charge in [-0.1, -0.05) is 60.2 Å². The molecule has 4 aromatic carbocycles. The molecule has 0 aliphatic rings. The highest BCUT2D eigenvalue weighted by atomic mass is 19.4. The number of hydrogen-bond acceptors (Lipinski definition) is 4. The average molecular weight is 580 g/mol. The van der Waals surface area contributed by atoms with E-state index < -0.39 is 17.3 Å². The summed E-state index contributed by atoms with van der Waals surface area (Å²) >= 11 is 0. The molecule has 214 valence electrons. The quantitative estimate of drug-likeness (QED) is 0.219. The number of anilines is 1. The molecule has 0 aliphatic carbocycles. The first-order chi connectivity index (χ1) is 20.7. The van der Waals surface area contributed by atoms with Crippen LogP contribution in [0.2, 0.25) is 0 Å². The molecule has 10 heteroatoms. The van der Waals surface area contributed by atoms with Crippen molar-refractivity contribution in [1.82, 2.24) is 14.2 Å². The molecule has 0 spiro atoms. The normalized spacial score (nSPS) is 11.9. The van der Waals surface area contributed by atoms with E-state index in [1.54, 1.807) is 35.0 Å². The van der Waals surface area contributed by atoms with Gasteiger partial charge < -0.3 is 9.88 Å². The van der Waals surface area contributed by atoms with Crippen LogP contribution >= 0.6 is 0 Å². The molecule has 2 aromatic heterocycles. The van der Waals surface area contributed by atoms with Crippen LogP contribution in [-0.4, -0.2) is 26.3 Å². The first kappa shape index (κ1) is 27.6. The Morgan fingerprint density at radius 3 is 2.42 bits per heavy atom. The molecule has 6 aromatic rings. The number of aryl methyl sites for hydroxylation is 1. The lowest BCUT2D eigenvalue weighted by atomic mass is 10.1. The molecule has 6 rings (SSSR count). The summed E-state index contributed by atoms with van der Waals surface area (Å²) < 4.78 is 43.3. The maximum atomic E-state index is 13.6. The number of para-hydroxylation sites is 2. The van der Waals surface area contributed by atoms with Crippen molar-refractivity contribution in [3.8, 4) is 11.4 Å². The monoisotopic (exact) mass is 579 g/mol. The Hall–Kier alpha value is -5.51. The minimum atomic E-state index is -4.57. The minimum Gasteiger partial charge on any atom is -0.337 e. The van der Waals surface area contributed by atoms with Gasteiger partial charge in [-0.05, 0) is 49.4 Å². The average Bonchev–Trinajstić information content (AvgIpc) is 3.34. The third-order valence-corrected chi connectivity index (χ3v) is 6.98. The molecule has 0 atom stereocenters. The number of carbonyl (C=O) groups is 1. The van der Waals surface area contributed by atoms with Gasteiger partial charge in [0.2, 0.25) is 5.91 Å². The van der Waals surface area contributed by atoms with Crippen LogP contribution in [0.25, 0.3) is 33.2 Å². The number of aromatic nitrogens is 3. The number of benzene rings is 4. The highest BCUT2D eigenvalue weighted by Gasteiger charge is 2.31. The highest BCUT2D eigenvalue weighted by molar-refractivity contribution is 6.00. The summed E-state index contributed by atoms with van der Waals surface area (Å²) in [5.74, 6) is -0.262. The second-order valence-electron chi connectivity index (χ2n) is 10.0. The number of alkyl halides is 3. The molecule has 43 heavy (non-hydrogen) atoms. The van der Waals surface area contributed by atoms with Crippen LogP contribution in [0.3, 0.4) is 0 Å². The summed E-state index contributed by atoms with van der Waals surface area (Å²) in [5.41, 5.74) is 2.16. The summed E-state index contributed by atoms with van der Waals surface area (Å²) in [6.45, 7) is 1.99. The van der Waals surface area contributed by atoms with Crippen molar-refractivity contribution >= 4 is 39.6 Å². The molecule has 0 fully saturated rings. The summed E-state index contributed by atoms with van der Waals surface area (Å²) in [6, 6.07) is 26.1. The number of hydrogen-bond donors (Lipinski definition) is 1. The lowest BCUT2D eigenvalue weighted by Crippen LogP contribution is -2.20. The highest BCUT2D eigenvalue weighted by Crippen LogP contribution is 2.32. The Kier molecular flexibility index (Phi) is 7.11. The van der Waals surface area contributed by atoms with E-state index in [1.165, 1.54) is 18.3 Å². The molecule has 0 radical (unpaired) electrons. The van der Waals surface area contributed by atoms with Gasteiger partial charge in [-0.15, -0.1) is 0 Å². The number of nitrogens with one attached hydrogen (secondary N) is 1. The van der Waals surface area contributed by atoms with E-state index in [0.717, 1.165) is 33.3 Å². The van der Waals surface area contributed by atoms with Gasteiger partial charge in [-0.3, -0.25) is 9.59 Å². The lowest BCUT2D eigenvalue weighted by Gasteiger charge is -2.12. The summed E-state index contributed by atoms with van der Waals surface area (Å²) in [5, 5.41) is 8.37. The standard InChI is InChI=1S/C33H24F3N5O2/c1-21-13-15-25(16-14-21)38-30(42)20-40-19-23(26-9-3-5-12-29(26)40)18-37-41-31(22-7-6-8-24(17-22)33(34,35)36)39-28-11-4-2-10-27(28)32(41)43/h2-19H,20H2,1H3,(H,38,42). The van der Waals surface area contributed by atoms with Gasteiger partial charge in [0.15, 0.2) is 5.82 Å². The van der Waals surface area contributed by atoms with Gasteiger partial charge in [-0.2, -0.15) is 22.9 Å². The summed E-state index contributed by atoms with van der Waals surface area (Å²) in [6.07, 6.45) is -1.38. The lowest BCUT2D eigenvalue weighted by molar-refractivity contribution is -0.137. The zero-order chi connectivity index (χ0) is 30.1. The molecular weight excluding hydrogens is 555 g/mol. The SMILES string of the molecule is Cc1ccc(NC(=O)Cn2cc(C=Nn3c(-c4cccc(C(F)(F)F)c4)nc4ccccc4c3=O)c3ccccc32)cc1. The van der Waals surface area contributed by atoms with Gasteiger partial charge in [0.05, 0.1) is 22.7 Å². The molecule has 0 saturated carbocycles. The number of amides is 1. The topological polar surface area (TPSA) is 81.3 Å². The zero-order valence-electron chi connectivity index (χ0n) is 22.8. The summed E-state index contributed by atoms with van der Waals surface area (Å²) in [4.78, 5) is 30.9. The van der Waals surface area contributed by atoms with E-state index in [0.29, 0.717) is 16.8 Å². The largest absolute Gasteiger partial charge is 0.416 e. The second kappa shape index (κ2) is 11.1. The number of rotatable bonds is 6. The van der Waals surface area contributed by atoms with Crippen molar-refractivity contribution in [2.24, 2.45) is 5.10 Å². The van der Waals surface area contributed by atoms with Crippen LogP contribution in [0.15, 0.2) is 113 Å².